The minimum Gasteiger partial charge on any atom is -0.343 e. The monoisotopic (exact) mass is 722 g/mol. The Hall–Kier alpha value is -4.88. The van der Waals surface area contributed by atoms with Crippen molar-refractivity contribution in [1.29, 1.82) is 0 Å². The highest BCUT2D eigenvalue weighted by molar-refractivity contribution is 5.79. The molecule has 3 aliphatic rings. The number of hydrogen-bond donors (Lipinski definition) is 6. The second kappa shape index (κ2) is 15.0. The number of nitrogens with zero attached hydrogens (tertiary/aromatic N) is 4. The van der Waals surface area contributed by atoms with Crippen LogP contribution in [0.2, 0.25) is 0 Å². The van der Waals surface area contributed by atoms with Crippen LogP contribution in [-0.2, 0) is 29.3 Å². The van der Waals surface area contributed by atoms with Crippen LogP contribution in [0.5, 0.6) is 0 Å². The normalized spacial score (nSPS) is 17.0. The van der Waals surface area contributed by atoms with Crippen molar-refractivity contribution in [2.75, 3.05) is 39.2 Å². The highest BCUT2D eigenvalue weighted by atomic mass is 17.1. The Balaban J connectivity index is 1.37. The lowest BCUT2D eigenvalue weighted by Gasteiger charge is -2.33. The molecule has 0 unspecified atom stereocenters. The van der Waals surface area contributed by atoms with E-state index in [4.69, 9.17) is 14.7 Å². The van der Waals surface area contributed by atoms with Crippen LogP contribution in [0.25, 0.3) is 0 Å². The van der Waals surface area contributed by atoms with Crippen LogP contribution in [0.3, 0.4) is 0 Å². The Morgan fingerprint density at radius 3 is 0.808 bits per heavy atom. The molecule has 3 aromatic rings. The highest BCUT2D eigenvalue weighted by Crippen LogP contribution is 2.48. The second-order valence-corrected chi connectivity index (χ2v) is 13.1. The fourth-order valence-corrected chi connectivity index (χ4v) is 6.37. The van der Waals surface area contributed by atoms with E-state index in [-0.39, 0.29) is 36.9 Å². The molecule has 0 bridgehead atoms. The molecule has 278 valence electrons. The maximum atomic E-state index is 9.72. The summed E-state index contributed by atoms with van der Waals surface area (Å²) in [4.78, 5) is 34.8. The first-order valence-electron chi connectivity index (χ1n) is 16.5. The summed E-state index contributed by atoms with van der Waals surface area (Å²) < 4.78 is 0. The van der Waals surface area contributed by atoms with Gasteiger partial charge in [0.1, 0.15) is 0 Å². The lowest BCUT2D eigenvalue weighted by atomic mass is 10.1. The average molecular weight is 723 g/mol. The lowest BCUT2D eigenvalue weighted by Crippen LogP contribution is -2.40. The van der Waals surface area contributed by atoms with Crippen molar-refractivity contribution in [3.05, 3.63) is 110 Å². The van der Waals surface area contributed by atoms with E-state index in [0.29, 0.717) is 55.6 Å². The number of hydrogen-bond acceptors (Lipinski definition) is 16. The third-order valence-electron chi connectivity index (χ3n) is 9.67. The van der Waals surface area contributed by atoms with E-state index in [1.165, 1.54) is 0 Å². The van der Waals surface area contributed by atoms with Crippen molar-refractivity contribution in [2.45, 2.75) is 55.7 Å². The van der Waals surface area contributed by atoms with Crippen LogP contribution in [-0.4, -0.2) is 68.4 Å². The fraction of sp³-hybridized carbons (Fsp3) is 0.333. The van der Waals surface area contributed by atoms with Crippen LogP contribution in [0.1, 0.15) is 38.5 Å². The predicted molar refractivity (Wildman–Crippen MR) is 189 cm³/mol. The minimum absolute atomic E-state index is 0.0651. The first-order chi connectivity index (χ1) is 25.1. The molecule has 0 radical (unpaired) electrons. The van der Waals surface area contributed by atoms with E-state index in [9.17, 15) is 31.5 Å². The Bertz CT molecular complexity index is 1520. The van der Waals surface area contributed by atoms with Gasteiger partial charge in [-0.15, -0.1) is 0 Å². The molecule has 16 nitrogen and oxygen atoms in total. The van der Waals surface area contributed by atoms with Gasteiger partial charge in [-0.05, 0) is 72.8 Å². The average Bonchev–Trinajstić information content (AvgIpc) is 4.07. The molecular formula is C36H42N4O12. The van der Waals surface area contributed by atoms with Gasteiger partial charge in [0.2, 0.25) is 0 Å². The second-order valence-electron chi connectivity index (χ2n) is 13.1. The zero-order chi connectivity index (χ0) is 37.1. The maximum Gasteiger partial charge on any atom is 0.175 e. The Morgan fingerprint density at radius 1 is 0.423 bits per heavy atom. The van der Waals surface area contributed by atoms with Gasteiger partial charge in [0.25, 0.3) is 0 Å². The summed E-state index contributed by atoms with van der Waals surface area (Å²) in [6.07, 6.45) is 3.35. The molecule has 0 amide bonds. The molecule has 0 heterocycles. The highest BCUT2D eigenvalue weighted by Gasteiger charge is 2.53. The molecule has 16 heteroatoms. The molecule has 6 N–H and O–H groups in total. The van der Waals surface area contributed by atoms with Gasteiger partial charge in [-0.2, -0.15) is 0 Å². The Labute approximate surface area is 299 Å². The van der Waals surface area contributed by atoms with Gasteiger partial charge in [0, 0.05) is 72.6 Å². The molecule has 0 aromatic heterocycles. The third-order valence-corrected chi connectivity index (χ3v) is 9.67. The first kappa shape index (κ1) is 36.9. The molecule has 0 atom stereocenters. The topological polar surface area (TPSA) is 190 Å². The first-order valence-corrected chi connectivity index (χ1v) is 16.5. The van der Waals surface area contributed by atoms with E-state index in [1.54, 1.807) is 14.7 Å². The molecular weight excluding hydrogens is 680 g/mol. The van der Waals surface area contributed by atoms with Crippen molar-refractivity contribution in [2.24, 2.45) is 0 Å². The lowest BCUT2D eigenvalue weighted by molar-refractivity contribution is -0.291. The quantitative estimate of drug-likeness (QED) is 0.0274. The van der Waals surface area contributed by atoms with Crippen LogP contribution < -0.4 is 19.6 Å². The van der Waals surface area contributed by atoms with E-state index < -0.39 is 17.2 Å². The van der Waals surface area contributed by atoms with E-state index in [0.717, 1.165) is 17.1 Å². The summed E-state index contributed by atoms with van der Waals surface area (Å²) in [5.41, 5.74) is 1.38. The minimum atomic E-state index is -0.973. The van der Waals surface area contributed by atoms with Crippen LogP contribution in [0, 0.1) is 0 Å². The van der Waals surface area contributed by atoms with E-state index in [2.05, 4.69) is 34.4 Å². The summed E-state index contributed by atoms with van der Waals surface area (Å²) in [7, 11) is 0. The van der Waals surface area contributed by atoms with Gasteiger partial charge < -0.3 is 34.3 Å². The zero-order valence-corrected chi connectivity index (χ0v) is 28.3. The summed E-state index contributed by atoms with van der Waals surface area (Å²) >= 11 is 0. The van der Waals surface area contributed by atoms with Crippen LogP contribution in [0.4, 0.5) is 34.1 Å². The van der Waals surface area contributed by atoms with Crippen LogP contribution >= 0.6 is 0 Å². The number of rotatable bonds is 21. The molecule has 0 saturated heterocycles. The standard InChI is InChI=1S/C36H42N4O12/c1-25(47-41)22-37(34(50-44)16-17-34)28-4-10-31(11-5-28)40(32-12-6-29(7-13-32)38(23-26(2)48-42)35(51-45)18-19-35)33-14-8-30(9-15-33)39(24-27(3)49-43)36(52-46)20-21-36/h4-15,41-46H,1-3,16-24H2. The van der Waals surface area contributed by atoms with Crippen molar-refractivity contribution in [1.82, 2.24) is 0 Å². The molecule has 52 heavy (non-hydrogen) atoms. The number of benzene rings is 3. The molecule has 0 spiro atoms. The SMILES string of the molecule is C=C(CN(c1ccc(N(c2ccc(N(CC(=C)OO)C3(OO)CC3)cc2)c2ccc(N(CC(=C)OO)C3(OO)CC3)cc2)cc1)C1(OO)CC1)OO. The third kappa shape index (κ3) is 7.38. The summed E-state index contributed by atoms with van der Waals surface area (Å²) in [5.74, 6) is 0.207. The van der Waals surface area contributed by atoms with Crippen LogP contribution in [0.15, 0.2) is 110 Å². The molecule has 3 saturated carbocycles. The molecule has 3 aromatic carbocycles. The van der Waals surface area contributed by atoms with Gasteiger partial charge >= 0.3 is 0 Å². The van der Waals surface area contributed by atoms with Crippen molar-refractivity contribution in [3.63, 3.8) is 0 Å². The van der Waals surface area contributed by atoms with E-state index >= 15 is 0 Å². The molecule has 6 rings (SSSR count). The smallest absolute Gasteiger partial charge is 0.175 e. The van der Waals surface area contributed by atoms with Gasteiger partial charge in [0.05, 0.1) is 19.6 Å². The maximum absolute atomic E-state index is 9.72. The largest absolute Gasteiger partial charge is 0.343 e. The van der Waals surface area contributed by atoms with E-state index in [1.807, 2.05) is 77.7 Å². The molecule has 0 aliphatic heterocycles. The van der Waals surface area contributed by atoms with Crippen molar-refractivity contribution >= 4 is 34.1 Å². The molecule has 3 aliphatic carbocycles. The Kier molecular flexibility index (Phi) is 10.6. The summed E-state index contributed by atoms with van der Waals surface area (Å²) in [6.45, 7) is 11.3. The summed E-state index contributed by atoms with van der Waals surface area (Å²) in [5, 5.41) is 56.7. The summed E-state index contributed by atoms with van der Waals surface area (Å²) in [6, 6.07) is 22.5. The van der Waals surface area contributed by atoms with Crippen molar-refractivity contribution < 1.29 is 60.9 Å². The number of anilines is 6. The predicted octanol–water partition coefficient (Wildman–Crippen LogP) is 7.52. The van der Waals surface area contributed by atoms with Gasteiger partial charge in [-0.1, -0.05) is 19.7 Å². The van der Waals surface area contributed by atoms with Gasteiger partial charge in [-0.3, -0.25) is 0 Å². The fourth-order valence-electron chi connectivity index (χ4n) is 6.37. The van der Waals surface area contributed by atoms with Crippen molar-refractivity contribution in [3.8, 4) is 0 Å². The Morgan fingerprint density at radius 2 is 0.635 bits per heavy atom. The molecule has 3 fully saturated rings. The van der Waals surface area contributed by atoms with Gasteiger partial charge in [0.15, 0.2) is 34.5 Å². The van der Waals surface area contributed by atoms with Gasteiger partial charge in [-0.25, -0.2) is 46.2 Å². The zero-order valence-electron chi connectivity index (χ0n) is 28.3.